The SMILES string of the molecule is CNCc1cn(-c2ccccc2F)nn1. The van der Waals surface area contributed by atoms with Crippen LogP contribution in [0.25, 0.3) is 5.69 Å². The van der Waals surface area contributed by atoms with Gasteiger partial charge in [0.25, 0.3) is 0 Å². The Labute approximate surface area is 86.7 Å². The molecule has 1 aromatic heterocycles. The van der Waals surface area contributed by atoms with E-state index in [-0.39, 0.29) is 5.82 Å². The fourth-order valence-electron chi connectivity index (χ4n) is 1.32. The highest BCUT2D eigenvalue weighted by Gasteiger charge is 2.05. The molecule has 2 aromatic rings. The van der Waals surface area contributed by atoms with Gasteiger partial charge in [-0.05, 0) is 19.2 Å². The largest absolute Gasteiger partial charge is 0.314 e. The topological polar surface area (TPSA) is 42.7 Å². The predicted molar refractivity (Wildman–Crippen MR) is 54.1 cm³/mol. The number of benzene rings is 1. The van der Waals surface area contributed by atoms with Crippen molar-refractivity contribution < 1.29 is 4.39 Å². The number of hydrogen-bond donors (Lipinski definition) is 1. The van der Waals surface area contributed by atoms with E-state index in [1.54, 1.807) is 24.4 Å². The highest BCUT2D eigenvalue weighted by atomic mass is 19.1. The van der Waals surface area contributed by atoms with E-state index in [0.29, 0.717) is 12.2 Å². The second kappa shape index (κ2) is 4.18. The Morgan fingerprint density at radius 3 is 2.93 bits per heavy atom. The van der Waals surface area contributed by atoms with Crippen LogP contribution in [0.3, 0.4) is 0 Å². The number of para-hydroxylation sites is 1. The number of aromatic nitrogens is 3. The third-order valence-corrected chi connectivity index (χ3v) is 2.00. The number of rotatable bonds is 3. The smallest absolute Gasteiger partial charge is 0.148 e. The summed E-state index contributed by atoms with van der Waals surface area (Å²) >= 11 is 0. The summed E-state index contributed by atoms with van der Waals surface area (Å²) in [7, 11) is 1.82. The summed E-state index contributed by atoms with van der Waals surface area (Å²) in [5.41, 5.74) is 1.19. The zero-order valence-corrected chi connectivity index (χ0v) is 8.31. The van der Waals surface area contributed by atoms with E-state index in [9.17, 15) is 4.39 Å². The van der Waals surface area contributed by atoms with Gasteiger partial charge in [-0.2, -0.15) is 0 Å². The Balaban J connectivity index is 2.33. The van der Waals surface area contributed by atoms with Gasteiger partial charge in [-0.15, -0.1) is 5.10 Å². The minimum Gasteiger partial charge on any atom is -0.314 e. The van der Waals surface area contributed by atoms with Crippen LogP contribution in [0.15, 0.2) is 30.5 Å². The van der Waals surface area contributed by atoms with Gasteiger partial charge >= 0.3 is 0 Å². The maximum atomic E-state index is 13.4. The van der Waals surface area contributed by atoms with Crippen molar-refractivity contribution in [2.45, 2.75) is 6.54 Å². The number of nitrogens with one attached hydrogen (secondary N) is 1. The van der Waals surface area contributed by atoms with Crippen LogP contribution >= 0.6 is 0 Å². The minimum absolute atomic E-state index is 0.307. The molecule has 0 fully saturated rings. The fraction of sp³-hybridized carbons (Fsp3) is 0.200. The quantitative estimate of drug-likeness (QED) is 0.818. The van der Waals surface area contributed by atoms with Crippen LogP contribution in [-0.2, 0) is 6.54 Å². The number of nitrogens with zero attached hydrogens (tertiary/aromatic N) is 3. The second-order valence-electron chi connectivity index (χ2n) is 3.14. The molecular weight excluding hydrogens is 195 g/mol. The lowest BCUT2D eigenvalue weighted by atomic mass is 10.3. The van der Waals surface area contributed by atoms with E-state index in [0.717, 1.165) is 5.69 Å². The van der Waals surface area contributed by atoms with Gasteiger partial charge in [0.15, 0.2) is 0 Å². The van der Waals surface area contributed by atoms with Crippen molar-refractivity contribution in [1.29, 1.82) is 0 Å². The molecule has 78 valence electrons. The molecule has 5 heteroatoms. The molecule has 0 spiro atoms. The summed E-state index contributed by atoms with van der Waals surface area (Å²) in [6, 6.07) is 6.46. The lowest BCUT2D eigenvalue weighted by Gasteiger charge is -1.99. The molecule has 1 aromatic carbocycles. The van der Waals surface area contributed by atoms with Gasteiger partial charge in [0.05, 0.1) is 11.9 Å². The van der Waals surface area contributed by atoms with Crippen LogP contribution in [0.5, 0.6) is 0 Å². The molecule has 1 heterocycles. The Bertz CT molecular complexity index is 452. The monoisotopic (exact) mass is 206 g/mol. The predicted octanol–water partition coefficient (Wildman–Crippen LogP) is 1.13. The van der Waals surface area contributed by atoms with Crippen LogP contribution in [0.2, 0.25) is 0 Å². The maximum Gasteiger partial charge on any atom is 0.148 e. The zero-order valence-electron chi connectivity index (χ0n) is 8.31. The van der Waals surface area contributed by atoms with Gasteiger partial charge < -0.3 is 5.32 Å². The van der Waals surface area contributed by atoms with Gasteiger partial charge in [0.2, 0.25) is 0 Å². The van der Waals surface area contributed by atoms with Gasteiger partial charge in [0.1, 0.15) is 11.5 Å². The molecule has 15 heavy (non-hydrogen) atoms. The van der Waals surface area contributed by atoms with Gasteiger partial charge in [0, 0.05) is 6.54 Å². The van der Waals surface area contributed by atoms with Gasteiger partial charge in [-0.25, -0.2) is 9.07 Å². The molecule has 0 bridgehead atoms. The summed E-state index contributed by atoms with van der Waals surface area (Å²) in [4.78, 5) is 0. The lowest BCUT2D eigenvalue weighted by molar-refractivity contribution is 0.607. The summed E-state index contributed by atoms with van der Waals surface area (Å²) in [6.45, 7) is 0.619. The van der Waals surface area contributed by atoms with Crippen molar-refractivity contribution in [1.82, 2.24) is 20.3 Å². The number of halogens is 1. The third kappa shape index (κ3) is 2.02. The summed E-state index contributed by atoms with van der Waals surface area (Å²) in [5, 5.41) is 10.7. The average molecular weight is 206 g/mol. The van der Waals surface area contributed by atoms with Crippen LogP contribution in [0.4, 0.5) is 4.39 Å². The third-order valence-electron chi connectivity index (χ3n) is 2.00. The maximum absolute atomic E-state index is 13.4. The molecule has 0 radical (unpaired) electrons. The van der Waals surface area contributed by atoms with E-state index >= 15 is 0 Å². The molecule has 1 N–H and O–H groups in total. The van der Waals surface area contributed by atoms with Crippen molar-refractivity contribution in [3.63, 3.8) is 0 Å². The summed E-state index contributed by atoms with van der Waals surface area (Å²) in [6.07, 6.45) is 1.70. The van der Waals surface area contributed by atoms with E-state index in [4.69, 9.17) is 0 Å². The van der Waals surface area contributed by atoms with Crippen LogP contribution in [0.1, 0.15) is 5.69 Å². The van der Waals surface area contributed by atoms with Gasteiger partial charge in [-0.1, -0.05) is 17.3 Å². The van der Waals surface area contributed by atoms with Gasteiger partial charge in [-0.3, -0.25) is 0 Å². The summed E-state index contributed by atoms with van der Waals surface area (Å²) < 4.78 is 14.8. The summed E-state index contributed by atoms with van der Waals surface area (Å²) in [5.74, 6) is -0.307. The van der Waals surface area contributed by atoms with Crippen LogP contribution < -0.4 is 5.32 Å². The van der Waals surface area contributed by atoms with Crippen molar-refractivity contribution >= 4 is 0 Å². The fourth-order valence-corrected chi connectivity index (χ4v) is 1.32. The van der Waals surface area contributed by atoms with Crippen LogP contribution in [0, 0.1) is 5.82 Å². The van der Waals surface area contributed by atoms with E-state index in [1.165, 1.54) is 10.7 Å². The second-order valence-corrected chi connectivity index (χ2v) is 3.14. The first-order valence-electron chi connectivity index (χ1n) is 4.62. The first kappa shape index (κ1) is 9.79. The standard InChI is InChI=1S/C10H11FN4/c1-12-6-8-7-15(14-13-8)10-5-3-2-4-9(10)11/h2-5,7,12H,6H2,1H3. The van der Waals surface area contributed by atoms with Crippen molar-refractivity contribution in [3.8, 4) is 5.69 Å². The molecule has 0 amide bonds. The molecule has 0 saturated carbocycles. The van der Waals surface area contributed by atoms with Crippen molar-refractivity contribution in [3.05, 3.63) is 42.0 Å². The van der Waals surface area contributed by atoms with Crippen molar-refractivity contribution in [2.75, 3.05) is 7.05 Å². The lowest BCUT2D eigenvalue weighted by Crippen LogP contribution is -2.05. The molecule has 2 rings (SSSR count). The molecule has 0 aliphatic carbocycles. The molecule has 0 aliphatic rings. The first-order valence-corrected chi connectivity index (χ1v) is 4.62. The highest BCUT2D eigenvalue weighted by Crippen LogP contribution is 2.11. The molecule has 0 saturated heterocycles. The Morgan fingerprint density at radius 2 is 2.20 bits per heavy atom. The Kier molecular flexibility index (Phi) is 2.73. The Hall–Kier alpha value is -1.75. The average Bonchev–Trinajstić information content (AvgIpc) is 2.68. The molecular formula is C10H11FN4. The Morgan fingerprint density at radius 1 is 1.40 bits per heavy atom. The van der Waals surface area contributed by atoms with E-state index < -0.39 is 0 Å². The minimum atomic E-state index is -0.307. The van der Waals surface area contributed by atoms with Crippen LogP contribution in [-0.4, -0.2) is 22.0 Å². The number of hydrogen-bond acceptors (Lipinski definition) is 3. The zero-order chi connectivity index (χ0) is 10.7. The normalized spacial score (nSPS) is 10.5. The molecule has 4 nitrogen and oxygen atoms in total. The molecule has 0 aliphatic heterocycles. The van der Waals surface area contributed by atoms with E-state index in [1.807, 2.05) is 7.05 Å². The van der Waals surface area contributed by atoms with E-state index in [2.05, 4.69) is 15.6 Å². The first-order chi connectivity index (χ1) is 7.31. The highest BCUT2D eigenvalue weighted by molar-refractivity contribution is 5.32. The molecule has 0 unspecified atom stereocenters. The molecule has 0 atom stereocenters. The van der Waals surface area contributed by atoms with Crippen molar-refractivity contribution in [2.24, 2.45) is 0 Å².